The predicted octanol–water partition coefficient (Wildman–Crippen LogP) is 1.04. The van der Waals surface area contributed by atoms with E-state index in [1.54, 1.807) is 12.1 Å². The van der Waals surface area contributed by atoms with Crippen LogP contribution in [0.1, 0.15) is 36.1 Å². The molecule has 7 heteroatoms. The third-order valence-electron chi connectivity index (χ3n) is 6.32. The number of fused-ring (bicyclic) bond motifs is 4. The first-order valence-electron chi connectivity index (χ1n) is 10.6. The molecule has 1 aromatic carbocycles. The van der Waals surface area contributed by atoms with Gasteiger partial charge in [0.15, 0.2) is 0 Å². The lowest BCUT2D eigenvalue weighted by Gasteiger charge is -2.47. The van der Waals surface area contributed by atoms with Crippen LogP contribution < -0.4 is 16.6 Å². The van der Waals surface area contributed by atoms with Crippen molar-refractivity contribution >= 4 is 11.8 Å². The van der Waals surface area contributed by atoms with E-state index in [1.807, 2.05) is 45.9 Å². The molecular formula is C23H28N4O3. The summed E-state index contributed by atoms with van der Waals surface area (Å²) in [6.07, 6.45) is 1.98. The van der Waals surface area contributed by atoms with Crippen molar-refractivity contribution in [3.8, 4) is 0 Å². The molecule has 30 heavy (non-hydrogen) atoms. The Bertz CT molecular complexity index is 972. The van der Waals surface area contributed by atoms with Gasteiger partial charge in [-0.05, 0) is 30.4 Å². The Balaban J connectivity index is 1.48. The monoisotopic (exact) mass is 408 g/mol. The lowest BCUT2D eigenvalue weighted by molar-refractivity contribution is -0.133. The van der Waals surface area contributed by atoms with Gasteiger partial charge in [0, 0.05) is 43.7 Å². The number of benzene rings is 1. The molecule has 0 aliphatic carbocycles. The highest BCUT2D eigenvalue weighted by atomic mass is 16.2. The predicted molar refractivity (Wildman–Crippen MR) is 114 cm³/mol. The zero-order valence-electron chi connectivity index (χ0n) is 17.0. The molecule has 0 radical (unpaired) electrons. The smallest absolute Gasteiger partial charge is 0.251 e. The van der Waals surface area contributed by atoms with Gasteiger partial charge in [0.2, 0.25) is 11.8 Å². The second kappa shape index (κ2) is 8.83. The van der Waals surface area contributed by atoms with Gasteiger partial charge in [0.05, 0.1) is 12.6 Å². The summed E-state index contributed by atoms with van der Waals surface area (Å²) in [5, 5.41) is 3.03. The number of carbonyl (C=O) groups is 2. The first-order valence-corrected chi connectivity index (χ1v) is 10.6. The number of piperidine rings is 1. The summed E-state index contributed by atoms with van der Waals surface area (Å²) >= 11 is 0. The number of rotatable bonds is 6. The Hall–Kier alpha value is -2.93. The molecule has 2 aromatic rings. The molecule has 7 nitrogen and oxygen atoms in total. The van der Waals surface area contributed by atoms with Gasteiger partial charge >= 0.3 is 0 Å². The Labute approximate surface area is 175 Å². The molecule has 1 aromatic heterocycles. The van der Waals surface area contributed by atoms with Crippen LogP contribution in [0.2, 0.25) is 0 Å². The molecule has 0 spiro atoms. The second-order valence-corrected chi connectivity index (χ2v) is 8.21. The molecule has 4 rings (SSSR count). The fourth-order valence-corrected chi connectivity index (χ4v) is 4.85. The van der Waals surface area contributed by atoms with Gasteiger partial charge in [0.1, 0.15) is 0 Å². The Morgan fingerprint density at radius 2 is 1.87 bits per heavy atom. The Morgan fingerprint density at radius 1 is 1.07 bits per heavy atom. The lowest BCUT2D eigenvalue weighted by atomic mass is 9.78. The fourth-order valence-electron chi connectivity index (χ4n) is 4.85. The lowest BCUT2D eigenvalue weighted by Crippen LogP contribution is -2.54. The van der Waals surface area contributed by atoms with Gasteiger partial charge in [-0.2, -0.15) is 0 Å². The molecule has 1 fully saturated rings. The van der Waals surface area contributed by atoms with Crippen LogP contribution in [0.4, 0.5) is 0 Å². The molecule has 0 unspecified atom stereocenters. The number of aromatic nitrogens is 1. The SMILES string of the molecule is NCC(=O)N1C[C@H]2C[C@@H](C1)[C@H](CNC(=O)CCc1ccccc1)n1c2cccc1=O. The van der Waals surface area contributed by atoms with E-state index >= 15 is 0 Å². The van der Waals surface area contributed by atoms with Gasteiger partial charge in [-0.1, -0.05) is 36.4 Å². The average molecular weight is 409 g/mol. The first-order chi connectivity index (χ1) is 14.6. The number of amides is 2. The first kappa shape index (κ1) is 20.3. The molecule has 2 bridgehead atoms. The van der Waals surface area contributed by atoms with Crippen molar-refractivity contribution in [2.75, 3.05) is 26.2 Å². The number of likely N-dealkylation sites (tertiary alicyclic amines) is 1. The zero-order valence-corrected chi connectivity index (χ0v) is 17.0. The average Bonchev–Trinajstić information content (AvgIpc) is 2.78. The number of hydrogen-bond acceptors (Lipinski definition) is 4. The number of nitrogens with zero attached hydrogens (tertiary/aromatic N) is 2. The topological polar surface area (TPSA) is 97.4 Å². The number of nitrogens with two attached hydrogens (primary N) is 1. The zero-order chi connectivity index (χ0) is 21.1. The third kappa shape index (κ3) is 4.16. The number of carbonyl (C=O) groups excluding carboxylic acids is 2. The molecule has 2 aliphatic heterocycles. The van der Waals surface area contributed by atoms with Crippen LogP contribution in [0, 0.1) is 5.92 Å². The highest BCUT2D eigenvalue weighted by Gasteiger charge is 2.41. The van der Waals surface area contributed by atoms with E-state index in [-0.39, 0.29) is 41.8 Å². The van der Waals surface area contributed by atoms with Crippen molar-refractivity contribution < 1.29 is 9.59 Å². The molecule has 3 atom stereocenters. The molecular weight excluding hydrogens is 380 g/mol. The standard InChI is InChI=1S/C23H28N4O3/c24-12-23(30)26-14-17-11-18(15-26)20(27-19(17)7-4-8-22(27)29)13-25-21(28)10-9-16-5-2-1-3-6-16/h1-8,17-18,20H,9-15,24H2,(H,25,28)/t17-,18+,20+/m1/s1. The quantitative estimate of drug-likeness (QED) is 0.746. The van der Waals surface area contributed by atoms with Crippen molar-refractivity contribution in [3.05, 3.63) is 70.1 Å². The minimum atomic E-state index is -0.168. The fraction of sp³-hybridized carbons (Fsp3) is 0.435. The molecule has 1 saturated heterocycles. The van der Waals surface area contributed by atoms with Gasteiger partial charge < -0.3 is 20.5 Å². The number of aryl methyl sites for hydroxylation is 1. The van der Waals surface area contributed by atoms with E-state index in [2.05, 4.69) is 5.32 Å². The van der Waals surface area contributed by atoms with Crippen LogP contribution >= 0.6 is 0 Å². The molecule has 3 N–H and O–H groups in total. The van der Waals surface area contributed by atoms with Crippen molar-refractivity contribution in [2.24, 2.45) is 11.7 Å². The van der Waals surface area contributed by atoms with Crippen LogP contribution in [-0.4, -0.2) is 47.5 Å². The number of nitrogens with one attached hydrogen (secondary N) is 1. The highest BCUT2D eigenvalue weighted by Crippen LogP contribution is 2.40. The summed E-state index contributed by atoms with van der Waals surface area (Å²) < 4.78 is 1.83. The van der Waals surface area contributed by atoms with Gasteiger partial charge in [-0.25, -0.2) is 0 Å². The summed E-state index contributed by atoms with van der Waals surface area (Å²) in [6.45, 7) is 1.53. The van der Waals surface area contributed by atoms with Crippen molar-refractivity contribution in [3.63, 3.8) is 0 Å². The molecule has 2 aliphatic rings. The van der Waals surface area contributed by atoms with Crippen LogP contribution in [-0.2, 0) is 16.0 Å². The van der Waals surface area contributed by atoms with Crippen molar-refractivity contribution in [1.82, 2.24) is 14.8 Å². The summed E-state index contributed by atoms with van der Waals surface area (Å²) in [5.41, 5.74) is 7.60. The maximum Gasteiger partial charge on any atom is 0.251 e. The van der Waals surface area contributed by atoms with Gasteiger partial charge in [-0.15, -0.1) is 0 Å². The number of hydrogen-bond donors (Lipinski definition) is 2. The number of pyridine rings is 1. The molecule has 158 valence electrons. The minimum absolute atomic E-state index is 0.0120. The van der Waals surface area contributed by atoms with Gasteiger partial charge in [0.25, 0.3) is 5.56 Å². The Morgan fingerprint density at radius 3 is 2.63 bits per heavy atom. The normalized spacial score (nSPS) is 22.3. The van der Waals surface area contributed by atoms with E-state index in [0.29, 0.717) is 32.5 Å². The van der Waals surface area contributed by atoms with Crippen LogP contribution in [0.5, 0.6) is 0 Å². The maximum atomic E-state index is 12.7. The summed E-state index contributed by atoms with van der Waals surface area (Å²) in [7, 11) is 0. The molecule has 0 saturated carbocycles. The second-order valence-electron chi connectivity index (χ2n) is 8.21. The summed E-state index contributed by atoms with van der Waals surface area (Å²) in [5.74, 6) is 0.138. The van der Waals surface area contributed by atoms with Crippen LogP contribution in [0.15, 0.2) is 53.3 Å². The van der Waals surface area contributed by atoms with Crippen LogP contribution in [0.3, 0.4) is 0 Å². The minimum Gasteiger partial charge on any atom is -0.354 e. The Kier molecular flexibility index (Phi) is 5.99. The van der Waals surface area contributed by atoms with E-state index in [9.17, 15) is 14.4 Å². The van der Waals surface area contributed by atoms with E-state index < -0.39 is 0 Å². The van der Waals surface area contributed by atoms with E-state index in [1.165, 1.54) is 0 Å². The largest absolute Gasteiger partial charge is 0.354 e. The van der Waals surface area contributed by atoms with Crippen molar-refractivity contribution in [1.29, 1.82) is 0 Å². The summed E-state index contributed by atoms with van der Waals surface area (Å²) in [6, 6.07) is 15.0. The van der Waals surface area contributed by atoms with Gasteiger partial charge in [-0.3, -0.25) is 14.4 Å². The molecule has 3 heterocycles. The maximum absolute atomic E-state index is 12.7. The van der Waals surface area contributed by atoms with E-state index in [0.717, 1.165) is 17.7 Å². The highest BCUT2D eigenvalue weighted by molar-refractivity contribution is 5.78. The summed E-state index contributed by atoms with van der Waals surface area (Å²) in [4.78, 5) is 39.2. The third-order valence-corrected chi connectivity index (χ3v) is 6.32. The van der Waals surface area contributed by atoms with Crippen LogP contribution in [0.25, 0.3) is 0 Å². The van der Waals surface area contributed by atoms with Crippen molar-refractivity contribution in [2.45, 2.75) is 31.2 Å². The van der Waals surface area contributed by atoms with E-state index in [4.69, 9.17) is 5.73 Å². The molecule has 2 amide bonds.